The number of benzene rings is 1. The lowest BCUT2D eigenvalue weighted by Crippen LogP contribution is -2.40. The summed E-state index contributed by atoms with van der Waals surface area (Å²) in [6.45, 7) is 0. The number of carbonyl (C=O) groups excluding carboxylic acids is 1. The topological polar surface area (TPSA) is 90.4 Å². The molecule has 0 unspecified atom stereocenters. The number of rotatable bonds is 4. The van der Waals surface area contributed by atoms with E-state index in [9.17, 15) is 4.79 Å². The van der Waals surface area contributed by atoms with Gasteiger partial charge in [-0.25, -0.2) is 0 Å². The monoisotopic (exact) mass is 269 g/mol. The number of primary amides is 1. The van der Waals surface area contributed by atoms with Gasteiger partial charge in [0.25, 0.3) is 5.91 Å². The van der Waals surface area contributed by atoms with Crippen LogP contribution in [-0.2, 0) is 4.74 Å². The molecule has 98 valence electrons. The van der Waals surface area contributed by atoms with E-state index < -0.39 is 5.91 Å². The first kappa shape index (κ1) is 13.0. The number of nitrogen functional groups attached to an aromatic ring is 1. The van der Waals surface area contributed by atoms with Crippen LogP contribution in [0.5, 0.6) is 0 Å². The van der Waals surface area contributed by atoms with Crippen LogP contribution in [0.25, 0.3) is 0 Å². The minimum atomic E-state index is -0.547. The van der Waals surface area contributed by atoms with E-state index in [-0.39, 0.29) is 12.1 Å². The average Bonchev–Trinajstić information content (AvgIpc) is 2.24. The first-order valence-corrected chi connectivity index (χ1v) is 6.07. The number of methoxy groups -OCH3 is 1. The van der Waals surface area contributed by atoms with Crippen LogP contribution in [0, 0.1) is 0 Å². The number of anilines is 2. The van der Waals surface area contributed by atoms with Crippen LogP contribution in [0.15, 0.2) is 12.1 Å². The van der Waals surface area contributed by atoms with Gasteiger partial charge in [0.1, 0.15) is 0 Å². The van der Waals surface area contributed by atoms with Gasteiger partial charge in [0.15, 0.2) is 0 Å². The molecule has 6 heteroatoms. The maximum atomic E-state index is 11.4. The van der Waals surface area contributed by atoms with Crippen LogP contribution >= 0.6 is 11.6 Å². The van der Waals surface area contributed by atoms with Crippen LogP contribution < -0.4 is 16.8 Å². The van der Waals surface area contributed by atoms with Crippen LogP contribution in [-0.4, -0.2) is 25.2 Å². The number of hydrogen-bond acceptors (Lipinski definition) is 4. The third-order valence-electron chi connectivity index (χ3n) is 3.15. The Bertz CT molecular complexity index is 473. The van der Waals surface area contributed by atoms with Crippen molar-refractivity contribution in [3.8, 4) is 0 Å². The predicted octanol–water partition coefficient (Wildman–Crippen LogP) is 1.61. The van der Waals surface area contributed by atoms with E-state index in [1.54, 1.807) is 13.2 Å². The minimum Gasteiger partial charge on any atom is -0.399 e. The third kappa shape index (κ3) is 2.52. The lowest BCUT2D eigenvalue weighted by atomic mass is 9.89. The summed E-state index contributed by atoms with van der Waals surface area (Å²) in [5.74, 6) is -0.547. The van der Waals surface area contributed by atoms with Crippen LogP contribution in [0.1, 0.15) is 23.2 Å². The molecule has 1 aromatic rings. The van der Waals surface area contributed by atoms with E-state index in [4.69, 9.17) is 27.8 Å². The summed E-state index contributed by atoms with van der Waals surface area (Å²) in [5.41, 5.74) is 12.3. The molecule has 0 spiro atoms. The average molecular weight is 270 g/mol. The molecule has 0 saturated heterocycles. The number of nitrogens with two attached hydrogens (primary N) is 2. The van der Waals surface area contributed by atoms with E-state index in [1.165, 1.54) is 6.07 Å². The number of halogens is 1. The van der Waals surface area contributed by atoms with Crippen LogP contribution in [0.4, 0.5) is 11.4 Å². The highest BCUT2D eigenvalue weighted by Crippen LogP contribution is 2.33. The van der Waals surface area contributed by atoms with Gasteiger partial charge in [-0.3, -0.25) is 4.79 Å². The largest absolute Gasteiger partial charge is 0.399 e. The molecule has 1 saturated carbocycles. The number of amides is 1. The van der Waals surface area contributed by atoms with Gasteiger partial charge >= 0.3 is 0 Å². The molecule has 1 fully saturated rings. The van der Waals surface area contributed by atoms with Gasteiger partial charge in [-0.1, -0.05) is 11.6 Å². The van der Waals surface area contributed by atoms with Gasteiger partial charge < -0.3 is 21.5 Å². The Morgan fingerprint density at radius 3 is 2.72 bits per heavy atom. The molecule has 2 rings (SSSR count). The van der Waals surface area contributed by atoms with Gasteiger partial charge in [0.2, 0.25) is 0 Å². The molecule has 0 radical (unpaired) electrons. The molecule has 18 heavy (non-hydrogen) atoms. The second-order valence-electron chi connectivity index (χ2n) is 4.46. The fourth-order valence-corrected chi connectivity index (χ4v) is 2.33. The lowest BCUT2D eigenvalue weighted by molar-refractivity contribution is 0.0328. The maximum Gasteiger partial charge on any atom is 0.250 e. The van der Waals surface area contributed by atoms with Crippen molar-refractivity contribution in [3.05, 3.63) is 22.7 Å². The summed E-state index contributed by atoms with van der Waals surface area (Å²) in [6.07, 6.45) is 2.04. The highest BCUT2D eigenvalue weighted by Gasteiger charge is 2.30. The smallest absolute Gasteiger partial charge is 0.250 e. The number of carbonyl (C=O) groups is 1. The zero-order chi connectivity index (χ0) is 13.3. The predicted molar refractivity (Wildman–Crippen MR) is 71.8 cm³/mol. The molecule has 0 aliphatic heterocycles. The summed E-state index contributed by atoms with van der Waals surface area (Å²) < 4.78 is 5.20. The normalized spacial score (nSPS) is 22.3. The van der Waals surface area contributed by atoms with Gasteiger partial charge in [0.05, 0.1) is 22.4 Å². The lowest BCUT2D eigenvalue weighted by Gasteiger charge is -2.35. The van der Waals surface area contributed by atoms with Crippen molar-refractivity contribution in [2.45, 2.75) is 25.0 Å². The maximum absolute atomic E-state index is 11.4. The second-order valence-corrected chi connectivity index (χ2v) is 4.87. The number of nitrogens with one attached hydrogen (secondary N) is 1. The quantitative estimate of drug-likeness (QED) is 0.725. The summed E-state index contributed by atoms with van der Waals surface area (Å²) in [6, 6.07) is 3.38. The molecule has 0 bridgehead atoms. The van der Waals surface area contributed by atoms with E-state index in [1.807, 2.05) is 0 Å². The van der Waals surface area contributed by atoms with E-state index in [2.05, 4.69) is 5.32 Å². The summed E-state index contributed by atoms with van der Waals surface area (Å²) in [7, 11) is 1.69. The summed E-state index contributed by atoms with van der Waals surface area (Å²) in [5, 5.41) is 3.63. The molecular weight excluding hydrogens is 254 g/mol. The Morgan fingerprint density at radius 2 is 2.17 bits per heavy atom. The van der Waals surface area contributed by atoms with Crippen molar-refractivity contribution in [2.24, 2.45) is 5.73 Å². The molecule has 5 nitrogen and oxygen atoms in total. The van der Waals surface area contributed by atoms with Crippen molar-refractivity contribution in [3.63, 3.8) is 0 Å². The van der Waals surface area contributed by atoms with E-state index in [0.29, 0.717) is 22.0 Å². The first-order chi connectivity index (χ1) is 8.51. The van der Waals surface area contributed by atoms with Crippen LogP contribution in [0.2, 0.25) is 5.02 Å². The number of ether oxygens (including phenoxy) is 1. The summed E-state index contributed by atoms with van der Waals surface area (Å²) >= 11 is 6.09. The molecule has 1 amide bonds. The fraction of sp³-hybridized carbons (Fsp3) is 0.417. The SMILES string of the molecule is COC1CC(Nc2c(Cl)cc(N)cc2C(N)=O)C1. The molecule has 0 atom stereocenters. The Labute approximate surface area is 110 Å². The second kappa shape index (κ2) is 5.04. The molecular formula is C12H16ClN3O2. The molecule has 5 N–H and O–H groups in total. The Morgan fingerprint density at radius 1 is 1.50 bits per heavy atom. The fourth-order valence-electron chi connectivity index (χ4n) is 2.05. The van der Waals surface area contributed by atoms with Crippen molar-refractivity contribution in [1.29, 1.82) is 0 Å². The third-order valence-corrected chi connectivity index (χ3v) is 3.45. The van der Waals surface area contributed by atoms with Crippen molar-refractivity contribution >= 4 is 28.9 Å². The molecule has 0 heterocycles. The van der Waals surface area contributed by atoms with Gasteiger partial charge in [-0.2, -0.15) is 0 Å². The highest BCUT2D eigenvalue weighted by molar-refractivity contribution is 6.34. The molecule has 1 aliphatic rings. The van der Waals surface area contributed by atoms with E-state index >= 15 is 0 Å². The minimum absolute atomic E-state index is 0.245. The van der Waals surface area contributed by atoms with Gasteiger partial charge in [0, 0.05) is 18.8 Å². The van der Waals surface area contributed by atoms with Crippen LogP contribution in [0.3, 0.4) is 0 Å². The molecule has 1 aliphatic carbocycles. The first-order valence-electron chi connectivity index (χ1n) is 5.69. The Hall–Kier alpha value is -1.46. The van der Waals surface area contributed by atoms with Crippen molar-refractivity contribution in [1.82, 2.24) is 0 Å². The molecule has 1 aromatic carbocycles. The number of hydrogen-bond donors (Lipinski definition) is 3. The van der Waals surface area contributed by atoms with Crippen molar-refractivity contribution in [2.75, 3.05) is 18.2 Å². The summed E-state index contributed by atoms with van der Waals surface area (Å²) in [4.78, 5) is 11.4. The zero-order valence-electron chi connectivity index (χ0n) is 10.1. The zero-order valence-corrected chi connectivity index (χ0v) is 10.8. The standard InChI is InChI=1S/C12H16ClN3O2/c1-18-8-4-7(5-8)16-11-9(12(15)17)2-6(14)3-10(11)13/h2-3,7-8,16H,4-5,14H2,1H3,(H2,15,17). The highest BCUT2D eigenvalue weighted by atomic mass is 35.5. The Kier molecular flexibility index (Phi) is 3.63. The van der Waals surface area contributed by atoms with E-state index in [0.717, 1.165) is 12.8 Å². The van der Waals surface area contributed by atoms with Gasteiger partial charge in [-0.05, 0) is 25.0 Å². The van der Waals surface area contributed by atoms with Crippen molar-refractivity contribution < 1.29 is 9.53 Å². The Balaban J connectivity index is 2.19. The van der Waals surface area contributed by atoms with Gasteiger partial charge in [-0.15, -0.1) is 0 Å². The molecule has 0 aromatic heterocycles.